The van der Waals surface area contributed by atoms with Crippen LogP contribution in [-0.4, -0.2) is 21.4 Å². The summed E-state index contributed by atoms with van der Waals surface area (Å²) < 4.78 is 56.1. The van der Waals surface area contributed by atoms with Crippen LogP contribution in [0.3, 0.4) is 0 Å². The molecule has 5 rings (SSSR count). The molecule has 9 heteroatoms. The van der Waals surface area contributed by atoms with Crippen molar-refractivity contribution in [2.45, 2.75) is 55.1 Å². The summed E-state index contributed by atoms with van der Waals surface area (Å²) in [5.74, 6) is -0.970. The number of alkyl halides is 3. The lowest BCUT2D eigenvalue weighted by Crippen LogP contribution is -2.48. The first-order valence-corrected chi connectivity index (χ1v) is 13.1. The Kier molecular flexibility index (Phi) is 7.01. The fraction of sp³-hybridized carbons (Fsp3) is 0.333. The largest absolute Gasteiger partial charge is 0.416 e. The first-order chi connectivity index (χ1) is 17.2. The molecule has 2 unspecified atom stereocenters. The zero-order chi connectivity index (χ0) is 25.3. The van der Waals surface area contributed by atoms with E-state index >= 15 is 0 Å². The van der Waals surface area contributed by atoms with Gasteiger partial charge >= 0.3 is 6.18 Å². The van der Waals surface area contributed by atoms with Gasteiger partial charge in [0.2, 0.25) is 0 Å². The molecule has 0 bridgehead atoms. The average Bonchev–Trinajstić information content (AvgIpc) is 3.26. The van der Waals surface area contributed by atoms with Crippen LogP contribution in [0.1, 0.15) is 48.1 Å². The summed E-state index contributed by atoms with van der Waals surface area (Å²) in [6.07, 6.45) is 1.20. The first kappa shape index (κ1) is 25.1. The Morgan fingerprint density at radius 2 is 1.72 bits per heavy atom. The van der Waals surface area contributed by atoms with Gasteiger partial charge in [-0.3, -0.25) is 9.98 Å². The summed E-state index contributed by atoms with van der Waals surface area (Å²) in [6.45, 7) is 0. The minimum Gasteiger partial charge on any atom is -0.350 e. The van der Waals surface area contributed by atoms with Crippen molar-refractivity contribution in [3.8, 4) is 0 Å². The van der Waals surface area contributed by atoms with Crippen molar-refractivity contribution in [1.29, 1.82) is 0 Å². The van der Waals surface area contributed by atoms with Crippen molar-refractivity contribution in [3.63, 3.8) is 0 Å². The summed E-state index contributed by atoms with van der Waals surface area (Å²) in [6, 6.07) is 15.5. The van der Waals surface area contributed by atoms with Crippen molar-refractivity contribution in [2.24, 2.45) is 4.99 Å². The van der Waals surface area contributed by atoms with Crippen LogP contribution in [0.4, 0.5) is 17.6 Å². The van der Waals surface area contributed by atoms with E-state index in [1.54, 1.807) is 23.9 Å². The van der Waals surface area contributed by atoms with Crippen LogP contribution in [-0.2, 0) is 18.1 Å². The third-order valence-electron chi connectivity index (χ3n) is 6.73. The fourth-order valence-electron chi connectivity index (χ4n) is 4.98. The van der Waals surface area contributed by atoms with Crippen LogP contribution in [0.25, 0.3) is 0 Å². The van der Waals surface area contributed by atoms with Crippen LogP contribution in [0.5, 0.6) is 0 Å². The molecule has 0 radical (unpaired) electrons. The maximum atomic E-state index is 14.8. The van der Waals surface area contributed by atoms with E-state index in [4.69, 9.17) is 16.6 Å². The Labute approximate surface area is 216 Å². The molecule has 1 aromatic heterocycles. The van der Waals surface area contributed by atoms with Crippen molar-refractivity contribution in [3.05, 3.63) is 100 Å². The number of thioether (sulfide) groups is 1. The molecule has 2 aliphatic rings. The smallest absolute Gasteiger partial charge is 0.350 e. The molecule has 3 nitrogen and oxygen atoms in total. The van der Waals surface area contributed by atoms with E-state index in [1.165, 1.54) is 6.20 Å². The summed E-state index contributed by atoms with van der Waals surface area (Å²) in [5.41, 5.74) is -0.992. The Balaban J connectivity index is 1.70. The molecule has 0 amide bonds. The molecule has 1 fully saturated rings. The first-order valence-electron chi connectivity index (χ1n) is 11.8. The van der Waals surface area contributed by atoms with Gasteiger partial charge in [-0.2, -0.15) is 13.2 Å². The maximum Gasteiger partial charge on any atom is 0.416 e. The van der Waals surface area contributed by atoms with E-state index in [-0.39, 0.29) is 18.0 Å². The topological polar surface area (TPSA) is 37.3 Å². The third-order valence-corrected chi connectivity index (χ3v) is 8.24. The Morgan fingerprint density at radius 3 is 2.42 bits per heavy atom. The number of pyridine rings is 1. The zero-order valence-electron chi connectivity index (χ0n) is 19.2. The molecule has 2 aromatic carbocycles. The number of aromatic nitrogens is 1. The molecular formula is C27H24ClF4N3S. The van der Waals surface area contributed by atoms with E-state index in [0.29, 0.717) is 27.2 Å². The lowest BCUT2D eigenvalue weighted by Gasteiger charge is -2.36. The number of hydrogen-bond donors (Lipinski definition) is 1. The van der Waals surface area contributed by atoms with Gasteiger partial charge in [-0.1, -0.05) is 66.5 Å². The highest BCUT2D eigenvalue weighted by atomic mass is 35.5. The number of rotatable bonds is 5. The second-order valence-electron chi connectivity index (χ2n) is 9.22. The van der Waals surface area contributed by atoms with Crippen LogP contribution < -0.4 is 5.32 Å². The lowest BCUT2D eigenvalue weighted by molar-refractivity contribution is -0.137. The number of benzene rings is 2. The van der Waals surface area contributed by atoms with Gasteiger partial charge in [-0.15, -0.1) is 0 Å². The zero-order valence-corrected chi connectivity index (χ0v) is 20.8. The third kappa shape index (κ3) is 5.25. The van der Waals surface area contributed by atoms with Crippen molar-refractivity contribution in [2.75, 3.05) is 0 Å². The van der Waals surface area contributed by atoms with Crippen molar-refractivity contribution in [1.82, 2.24) is 10.3 Å². The summed E-state index contributed by atoms with van der Waals surface area (Å²) in [5, 5.41) is 4.82. The number of nitrogens with one attached hydrogen (secondary N) is 1. The molecule has 188 valence electrons. The van der Waals surface area contributed by atoms with Gasteiger partial charge in [-0.25, -0.2) is 4.39 Å². The second-order valence-corrected chi connectivity index (χ2v) is 10.9. The SMILES string of the molecule is Fc1cc(C(F)(F)F)cc([C@@](Cc2ccccc2)(NC2=NC3CCCCC3S2)c2ccc(Cl)cn2)c1. The Morgan fingerprint density at radius 1 is 0.972 bits per heavy atom. The Hall–Kier alpha value is -2.58. The maximum absolute atomic E-state index is 14.8. The highest BCUT2D eigenvalue weighted by Gasteiger charge is 2.42. The van der Waals surface area contributed by atoms with Gasteiger partial charge in [0.05, 0.1) is 22.3 Å². The molecule has 0 saturated heterocycles. The number of amidine groups is 1. The summed E-state index contributed by atoms with van der Waals surface area (Å²) in [7, 11) is 0. The number of fused-ring (bicyclic) bond motifs is 1. The summed E-state index contributed by atoms with van der Waals surface area (Å²) in [4.78, 5) is 9.41. The number of halogens is 5. The van der Waals surface area contributed by atoms with Gasteiger partial charge in [0.1, 0.15) is 11.4 Å². The minimum absolute atomic E-state index is 0.117. The standard InChI is InChI=1S/C27H24ClF4N3S/c28-20-10-11-24(33-16-20)26(15-17-6-2-1-3-7-17,18-12-19(27(30,31)32)14-21(29)13-18)35-25-34-22-8-4-5-9-23(22)36-25/h1-3,6-7,10-14,16,22-23H,4-5,8-9,15H2,(H,34,35)/t22?,23?,26-/m1/s1. The Bertz CT molecular complexity index is 1250. The minimum atomic E-state index is -4.71. The van der Waals surface area contributed by atoms with Gasteiger partial charge in [0.15, 0.2) is 5.17 Å². The van der Waals surface area contributed by atoms with E-state index in [0.717, 1.165) is 43.4 Å². The van der Waals surface area contributed by atoms with Gasteiger partial charge in [0, 0.05) is 17.9 Å². The predicted molar refractivity (Wildman–Crippen MR) is 136 cm³/mol. The summed E-state index contributed by atoms with van der Waals surface area (Å²) >= 11 is 7.72. The molecule has 1 N–H and O–H groups in total. The number of hydrogen-bond acceptors (Lipinski definition) is 4. The van der Waals surface area contributed by atoms with Crippen molar-refractivity contribution < 1.29 is 17.6 Å². The lowest BCUT2D eigenvalue weighted by atomic mass is 9.80. The van der Waals surface area contributed by atoms with E-state index in [9.17, 15) is 17.6 Å². The van der Waals surface area contributed by atoms with Crippen LogP contribution in [0, 0.1) is 5.82 Å². The van der Waals surface area contributed by atoms with E-state index in [1.807, 2.05) is 30.3 Å². The fourth-order valence-corrected chi connectivity index (χ4v) is 6.45. The number of aliphatic imine (C=N–C) groups is 1. The molecule has 1 aliphatic carbocycles. The quantitative estimate of drug-likeness (QED) is 0.348. The molecule has 2 heterocycles. The molecule has 36 heavy (non-hydrogen) atoms. The van der Waals surface area contributed by atoms with Gasteiger partial charge in [-0.05, 0) is 54.3 Å². The highest BCUT2D eigenvalue weighted by molar-refractivity contribution is 8.14. The van der Waals surface area contributed by atoms with Crippen LogP contribution in [0.2, 0.25) is 5.02 Å². The molecule has 3 aromatic rings. The monoisotopic (exact) mass is 533 g/mol. The highest BCUT2D eigenvalue weighted by Crippen LogP contribution is 2.41. The molecular weight excluding hydrogens is 510 g/mol. The number of nitrogens with zero attached hydrogens (tertiary/aromatic N) is 2. The predicted octanol–water partition coefficient (Wildman–Crippen LogP) is 7.38. The molecule has 1 aliphatic heterocycles. The molecule has 3 atom stereocenters. The average molecular weight is 534 g/mol. The normalized spacial score (nSPS) is 21.4. The van der Waals surface area contributed by atoms with E-state index in [2.05, 4.69) is 10.3 Å². The molecule has 0 spiro atoms. The van der Waals surface area contributed by atoms with Crippen molar-refractivity contribution >= 4 is 28.5 Å². The molecule has 1 saturated carbocycles. The van der Waals surface area contributed by atoms with Gasteiger partial charge < -0.3 is 5.32 Å². The van der Waals surface area contributed by atoms with E-state index < -0.39 is 23.1 Å². The second kappa shape index (κ2) is 10.1. The van der Waals surface area contributed by atoms with Crippen LogP contribution in [0.15, 0.2) is 71.9 Å². The van der Waals surface area contributed by atoms with Crippen LogP contribution >= 0.6 is 23.4 Å². The van der Waals surface area contributed by atoms with Gasteiger partial charge in [0.25, 0.3) is 0 Å².